The molecule has 4 nitrogen and oxygen atoms in total. The third-order valence-corrected chi connectivity index (χ3v) is 4.05. The summed E-state index contributed by atoms with van der Waals surface area (Å²) in [6.45, 7) is 4.88. The first-order valence-electron chi connectivity index (χ1n) is 7.35. The summed E-state index contributed by atoms with van der Waals surface area (Å²) in [6, 6.07) is 5.91. The number of nitrogens with zero attached hydrogens (tertiary/aromatic N) is 1. The SMILES string of the molecule is CCC(CC)NC(=O)Cn1cc(CN)c2ccc(Cl)cc21. The summed E-state index contributed by atoms with van der Waals surface area (Å²) in [4.78, 5) is 12.2. The number of amides is 1. The summed E-state index contributed by atoms with van der Waals surface area (Å²) < 4.78 is 1.92. The Balaban J connectivity index is 2.25. The number of nitrogens with two attached hydrogens (primary N) is 1. The van der Waals surface area contributed by atoms with Gasteiger partial charge in [0.1, 0.15) is 6.54 Å². The molecule has 0 radical (unpaired) electrons. The maximum absolute atomic E-state index is 12.2. The predicted molar refractivity (Wildman–Crippen MR) is 87.4 cm³/mol. The Morgan fingerprint density at radius 1 is 1.38 bits per heavy atom. The molecule has 0 bridgehead atoms. The zero-order valence-electron chi connectivity index (χ0n) is 12.5. The molecule has 0 aliphatic carbocycles. The smallest absolute Gasteiger partial charge is 0.240 e. The van der Waals surface area contributed by atoms with Crippen molar-refractivity contribution in [2.75, 3.05) is 0 Å². The first-order chi connectivity index (χ1) is 10.1. The molecular formula is C16H22ClN3O. The molecule has 0 atom stereocenters. The Bertz CT molecular complexity index is 632. The van der Waals surface area contributed by atoms with Gasteiger partial charge >= 0.3 is 0 Å². The number of benzene rings is 1. The minimum absolute atomic E-state index is 0.0177. The van der Waals surface area contributed by atoms with Crippen molar-refractivity contribution in [3.05, 3.63) is 35.0 Å². The number of halogens is 1. The number of nitrogens with one attached hydrogen (secondary N) is 1. The Hall–Kier alpha value is -1.52. The molecule has 0 spiro atoms. The lowest BCUT2D eigenvalue weighted by molar-refractivity contribution is -0.122. The van der Waals surface area contributed by atoms with Crippen molar-refractivity contribution < 1.29 is 4.79 Å². The fourth-order valence-corrected chi connectivity index (χ4v) is 2.72. The van der Waals surface area contributed by atoms with E-state index in [1.54, 1.807) is 0 Å². The van der Waals surface area contributed by atoms with E-state index in [1.165, 1.54) is 0 Å². The highest BCUT2D eigenvalue weighted by atomic mass is 35.5. The normalized spacial score (nSPS) is 11.3. The van der Waals surface area contributed by atoms with Gasteiger partial charge in [-0.05, 0) is 30.5 Å². The zero-order valence-corrected chi connectivity index (χ0v) is 13.3. The van der Waals surface area contributed by atoms with Crippen LogP contribution in [-0.2, 0) is 17.9 Å². The number of hydrogen-bond donors (Lipinski definition) is 2. The Morgan fingerprint density at radius 2 is 2.10 bits per heavy atom. The lowest BCUT2D eigenvalue weighted by Crippen LogP contribution is -2.36. The number of hydrogen-bond acceptors (Lipinski definition) is 2. The van der Waals surface area contributed by atoms with E-state index in [2.05, 4.69) is 19.2 Å². The molecule has 1 aromatic heterocycles. The minimum Gasteiger partial charge on any atom is -0.352 e. The van der Waals surface area contributed by atoms with E-state index in [4.69, 9.17) is 17.3 Å². The summed E-state index contributed by atoms with van der Waals surface area (Å²) in [5.74, 6) is 0.0177. The second-order valence-corrected chi connectivity index (χ2v) is 5.67. The quantitative estimate of drug-likeness (QED) is 0.861. The van der Waals surface area contributed by atoms with Gasteiger partial charge in [0.2, 0.25) is 5.91 Å². The standard InChI is InChI=1S/C16H22ClN3O/c1-3-13(4-2)19-16(21)10-20-9-11(8-18)14-6-5-12(17)7-15(14)20/h5-7,9,13H,3-4,8,10,18H2,1-2H3,(H,19,21). The molecule has 0 saturated heterocycles. The second-order valence-electron chi connectivity index (χ2n) is 5.23. The molecule has 1 heterocycles. The average molecular weight is 308 g/mol. The first kappa shape index (κ1) is 15.9. The largest absolute Gasteiger partial charge is 0.352 e. The van der Waals surface area contributed by atoms with Crippen LogP contribution in [0.1, 0.15) is 32.3 Å². The van der Waals surface area contributed by atoms with Gasteiger partial charge in [0.05, 0.1) is 5.52 Å². The van der Waals surface area contributed by atoms with Gasteiger partial charge in [-0.3, -0.25) is 4.79 Å². The van der Waals surface area contributed by atoms with Crippen LogP contribution in [0, 0.1) is 0 Å². The lowest BCUT2D eigenvalue weighted by Gasteiger charge is -2.15. The Labute approximate surface area is 130 Å². The van der Waals surface area contributed by atoms with Gasteiger partial charge in [0, 0.05) is 29.2 Å². The van der Waals surface area contributed by atoms with Crippen molar-refractivity contribution in [1.82, 2.24) is 9.88 Å². The second kappa shape index (κ2) is 6.96. The van der Waals surface area contributed by atoms with Crippen molar-refractivity contribution >= 4 is 28.4 Å². The van der Waals surface area contributed by atoms with Crippen LogP contribution in [0.4, 0.5) is 0 Å². The molecule has 5 heteroatoms. The van der Waals surface area contributed by atoms with Crippen molar-refractivity contribution in [3.8, 4) is 0 Å². The number of aromatic nitrogens is 1. The van der Waals surface area contributed by atoms with Crippen LogP contribution in [0.15, 0.2) is 24.4 Å². The van der Waals surface area contributed by atoms with Gasteiger partial charge in [-0.25, -0.2) is 0 Å². The van der Waals surface area contributed by atoms with Crippen LogP contribution in [0.2, 0.25) is 5.02 Å². The highest BCUT2D eigenvalue weighted by Crippen LogP contribution is 2.24. The summed E-state index contributed by atoms with van der Waals surface area (Å²) in [5, 5.41) is 4.76. The highest BCUT2D eigenvalue weighted by Gasteiger charge is 2.13. The molecule has 1 amide bonds. The molecule has 3 N–H and O–H groups in total. The van der Waals surface area contributed by atoms with Crippen LogP contribution in [0.5, 0.6) is 0 Å². The first-order valence-corrected chi connectivity index (χ1v) is 7.73. The number of carbonyl (C=O) groups is 1. The lowest BCUT2D eigenvalue weighted by atomic mass is 10.2. The van der Waals surface area contributed by atoms with Crippen LogP contribution < -0.4 is 11.1 Å². The fraction of sp³-hybridized carbons (Fsp3) is 0.438. The van der Waals surface area contributed by atoms with Gasteiger partial charge in [0.15, 0.2) is 0 Å². The summed E-state index contributed by atoms with van der Waals surface area (Å²) in [5.41, 5.74) is 7.75. The van der Waals surface area contributed by atoms with E-state index < -0.39 is 0 Å². The van der Waals surface area contributed by atoms with Crippen molar-refractivity contribution in [2.45, 2.75) is 45.8 Å². The molecule has 1 aromatic carbocycles. The molecule has 0 aliphatic heterocycles. The van der Waals surface area contributed by atoms with Gasteiger partial charge in [0.25, 0.3) is 0 Å². The summed E-state index contributed by atoms with van der Waals surface area (Å²) in [6.07, 6.45) is 3.82. The maximum atomic E-state index is 12.2. The van der Waals surface area contributed by atoms with Crippen molar-refractivity contribution in [2.24, 2.45) is 5.73 Å². The average Bonchev–Trinajstić information content (AvgIpc) is 2.82. The van der Waals surface area contributed by atoms with Gasteiger partial charge < -0.3 is 15.6 Å². The molecule has 0 aliphatic rings. The van der Waals surface area contributed by atoms with E-state index in [0.717, 1.165) is 29.3 Å². The molecule has 2 aromatic rings. The molecule has 2 rings (SSSR count). The third kappa shape index (κ3) is 3.57. The summed E-state index contributed by atoms with van der Waals surface area (Å²) in [7, 11) is 0. The predicted octanol–water partition coefficient (Wildman–Crippen LogP) is 3.06. The number of carbonyl (C=O) groups excluding carboxylic acids is 1. The number of rotatable bonds is 6. The highest BCUT2D eigenvalue weighted by molar-refractivity contribution is 6.31. The van der Waals surface area contributed by atoms with Gasteiger partial charge in [-0.15, -0.1) is 0 Å². The topological polar surface area (TPSA) is 60.0 Å². The zero-order chi connectivity index (χ0) is 15.4. The van der Waals surface area contributed by atoms with Crippen molar-refractivity contribution in [1.29, 1.82) is 0 Å². The molecule has 0 unspecified atom stereocenters. The fourth-order valence-electron chi connectivity index (χ4n) is 2.56. The van der Waals surface area contributed by atoms with Crippen molar-refractivity contribution in [3.63, 3.8) is 0 Å². The molecule has 0 saturated carbocycles. The van der Waals surface area contributed by atoms with Crippen LogP contribution in [0.25, 0.3) is 10.9 Å². The van der Waals surface area contributed by atoms with E-state index in [9.17, 15) is 4.79 Å². The van der Waals surface area contributed by atoms with E-state index in [0.29, 0.717) is 11.6 Å². The van der Waals surface area contributed by atoms with E-state index in [1.807, 2.05) is 29.0 Å². The Kier molecular flexibility index (Phi) is 5.26. The van der Waals surface area contributed by atoms with Crippen LogP contribution >= 0.6 is 11.6 Å². The molecule has 0 fully saturated rings. The van der Waals surface area contributed by atoms with Crippen LogP contribution in [-0.4, -0.2) is 16.5 Å². The summed E-state index contributed by atoms with van der Waals surface area (Å²) >= 11 is 6.06. The third-order valence-electron chi connectivity index (χ3n) is 3.81. The number of fused-ring (bicyclic) bond motifs is 1. The monoisotopic (exact) mass is 307 g/mol. The van der Waals surface area contributed by atoms with E-state index >= 15 is 0 Å². The van der Waals surface area contributed by atoms with Gasteiger partial charge in [-0.2, -0.15) is 0 Å². The van der Waals surface area contributed by atoms with Crippen LogP contribution in [0.3, 0.4) is 0 Å². The van der Waals surface area contributed by atoms with E-state index in [-0.39, 0.29) is 18.5 Å². The molecular weight excluding hydrogens is 286 g/mol. The van der Waals surface area contributed by atoms with Gasteiger partial charge in [-0.1, -0.05) is 31.5 Å². The molecule has 114 valence electrons. The maximum Gasteiger partial charge on any atom is 0.240 e. The molecule has 21 heavy (non-hydrogen) atoms. The Morgan fingerprint density at radius 3 is 2.71 bits per heavy atom. The minimum atomic E-state index is 0.0177.